The SMILES string of the molecule is O=C(c1ccc(Cl)cc1)N1CCC2(CC1)CN(Cc1ccccc1Oc1cccc(Cl)c1)C2OC(=O)C(F)(F)F. The molecule has 0 bridgehead atoms. The zero-order valence-electron chi connectivity index (χ0n) is 21.2. The molecule has 0 radical (unpaired) electrons. The molecule has 1 unspecified atom stereocenters. The quantitative estimate of drug-likeness (QED) is 0.290. The number of amides is 1. The summed E-state index contributed by atoms with van der Waals surface area (Å²) in [7, 11) is 0. The zero-order valence-corrected chi connectivity index (χ0v) is 22.7. The van der Waals surface area contributed by atoms with Crippen LogP contribution in [0.25, 0.3) is 0 Å². The Hall–Kier alpha value is -3.27. The molecule has 11 heteroatoms. The summed E-state index contributed by atoms with van der Waals surface area (Å²) in [5, 5.41) is 1.01. The van der Waals surface area contributed by atoms with Crippen molar-refractivity contribution in [2.75, 3.05) is 19.6 Å². The molecule has 1 amide bonds. The smallest absolute Gasteiger partial charge is 0.457 e. The fraction of sp³-hybridized carbons (Fsp3) is 0.310. The lowest BCUT2D eigenvalue weighted by Crippen LogP contribution is -2.68. The van der Waals surface area contributed by atoms with Crippen molar-refractivity contribution in [1.29, 1.82) is 0 Å². The molecule has 2 aliphatic rings. The number of para-hydroxylation sites is 1. The highest BCUT2D eigenvalue weighted by molar-refractivity contribution is 6.31. The van der Waals surface area contributed by atoms with Gasteiger partial charge in [0.25, 0.3) is 5.91 Å². The Morgan fingerprint density at radius 2 is 1.62 bits per heavy atom. The number of likely N-dealkylation sites (tertiary alicyclic amines) is 2. The van der Waals surface area contributed by atoms with E-state index in [1.54, 1.807) is 82.6 Å². The molecule has 2 fully saturated rings. The van der Waals surface area contributed by atoms with Gasteiger partial charge < -0.3 is 14.4 Å². The molecule has 3 aromatic rings. The summed E-state index contributed by atoms with van der Waals surface area (Å²) in [5.74, 6) is -1.39. The number of alkyl halides is 3. The summed E-state index contributed by atoms with van der Waals surface area (Å²) in [6.07, 6.45) is -5.45. The van der Waals surface area contributed by atoms with Crippen LogP contribution >= 0.6 is 23.2 Å². The van der Waals surface area contributed by atoms with Crippen LogP contribution in [0.2, 0.25) is 10.0 Å². The number of rotatable bonds is 6. The van der Waals surface area contributed by atoms with Gasteiger partial charge in [0.2, 0.25) is 0 Å². The maximum Gasteiger partial charge on any atom is 0.490 e. The van der Waals surface area contributed by atoms with E-state index in [2.05, 4.69) is 0 Å². The topological polar surface area (TPSA) is 59.1 Å². The number of carbonyl (C=O) groups is 2. The summed E-state index contributed by atoms with van der Waals surface area (Å²) in [5.41, 5.74) is 0.480. The number of esters is 1. The molecule has 0 saturated carbocycles. The van der Waals surface area contributed by atoms with Gasteiger partial charge in [-0.2, -0.15) is 13.2 Å². The summed E-state index contributed by atoms with van der Waals surface area (Å²) in [6, 6.07) is 20.5. The molecule has 0 aromatic heterocycles. The lowest BCUT2D eigenvalue weighted by atomic mass is 9.69. The second-order valence-corrected chi connectivity index (χ2v) is 10.9. The Morgan fingerprint density at radius 3 is 2.30 bits per heavy atom. The van der Waals surface area contributed by atoms with Gasteiger partial charge in [0.15, 0.2) is 6.23 Å². The normalized spacial score (nSPS) is 18.7. The van der Waals surface area contributed by atoms with Gasteiger partial charge in [0.05, 0.1) is 0 Å². The van der Waals surface area contributed by atoms with E-state index in [1.807, 2.05) is 0 Å². The van der Waals surface area contributed by atoms with Crippen LogP contribution in [0.3, 0.4) is 0 Å². The van der Waals surface area contributed by atoms with Crippen LogP contribution in [-0.2, 0) is 16.1 Å². The molecule has 6 nitrogen and oxygen atoms in total. The predicted octanol–water partition coefficient (Wildman–Crippen LogP) is 6.96. The molecule has 1 spiro atoms. The summed E-state index contributed by atoms with van der Waals surface area (Å²) >= 11 is 12.0. The largest absolute Gasteiger partial charge is 0.490 e. The first-order chi connectivity index (χ1) is 19.0. The van der Waals surface area contributed by atoms with Gasteiger partial charge in [0.1, 0.15) is 11.5 Å². The first kappa shape index (κ1) is 28.3. The van der Waals surface area contributed by atoms with Crippen LogP contribution in [0.4, 0.5) is 13.2 Å². The van der Waals surface area contributed by atoms with Gasteiger partial charge >= 0.3 is 12.1 Å². The highest BCUT2D eigenvalue weighted by atomic mass is 35.5. The van der Waals surface area contributed by atoms with Crippen LogP contribution < -0.4 is 4.74 Å². The third-order valence-electron chi connectivity index (χ3n) is 7.33. The number of nitrogens with zero attached hydrogens (tertiary/aromatic N) is 2. The summed E-state index contributed by atoms with van der Waals surface area (Å²) in [6.45, 7) is 1.24. The third-order valence-corrected chi connectivity index (χ3v) is 7.82. The van der Waals surface area contributed by atoms with Crippen molar-refractivity contribution in [1.82, 2.24) is 9.80 Å². The van der Waals surface area contributed by atoms with E-state index < -0.39 is 23.8 Å². The molecular weight excluding hydrogens is 568 g/mol. The third kappa shape index (κ3) is 6.06. The number of hydrogen-bond donors (Lipinski definition) is 0. The maximum atomic E-state index is 13.2. The van der Waals surface area contributed by atoms with E-state index >= 15 is 0 Å². The highest BCUT2D eigenvalue weighted by Crippen LogP contribution is 2.48. The van der Waals surface area contributed by atoms with Crippen molar-refractivity contribution in [2.45, 2.75) is 31.8 Å². The van der Waals surface area contributed by atoms with Crippen molar-refractivity contribution >= 4 is 35.1 Å². The second-order valence-electron chi connectivity index (χ2n) is 9.99. The van der Waals surface area contributed by atoms with Gasteiger partial charge in [-0.1, -0.05) is 47.5 Å². The van der Waals surface area contributed by atoms with Crippen LogP contribution in [-0.4, -0.2) is 53.7 Å². The fourth-order valence-corrected chi connectivity index (χ4v) is 5.60. The minimum absolute atomic E-state index is 0.182. The molecule has 3 aromatic carbocycles. The first-order valence-electron chi connectivity index (χ1n) is 12.6. The molecule has 2 heterocycles. The Bertz CT molecular complexity index is 1390. The molecule has 40 heavy (non-hydrogen) atoms. The van der Waals surface area contributed by atoms with Gasteiger partial charge in [-0.05, 0) is 61.4 Å². The lowest BCUT2D eigenvalue weighted by Gasteiger charge is -2.59. The summed E-state index contributed by atoms with van der Waals surface area (Å²) < 4.78 is 50.7. The lowest BCUT2D eigenvalue weighted by molar-refractivity contribution is -0.261. The van der Waals surface area contributed by atoms with Crippen molar-refractivity contribution < 1.29 is 32.2 Å². The average Bonchev–Trinajstić information content (AvgIpc) is 2.92. The average molecular weight is 593 g/mol. The predicted molar refractivity (Wildman–Crippen MR) is 143 cm³/mol. The van der Waals surface area contributed by atoms with Crippen molar-refractivity contribution in [2.24, 2.45) is 5.41 Å². The number of halogens is 5. The molecule has 210 valence electrons. The summed E-state index contributed by atoms with van der Waals surface area (Å²) in [4.78, 5) is 28.2. The molecule has 2 aliphatic heterocycles. The van der Waals surface area contributed by atoms with E-state index in [9.17, 15) is 22.8 Å². The number of carbonyl (C=O) groups excluding carboxylic acids is 2. The molecule has 0 N–H and O–H groups in total. The number of ether oxygens (including phenoxy) is 2. The van der Waals surface area contributed by atoms with Crippen LogP contribution in [0.1, 0.15) is 28.8 Å². The minimum atomic E-state index is -5.12. The fourth-order valence-electron chi connectivity index (χ4n) is 5.29. The monoisotopic (exact) mass is 592 g/mol. The van der Waals surface area contributed by atoms with E-state index in [1.165, 1.54) is 0 Å². The van der Waals surface area contributed by atoms with Gasteiger partial charge in [0, 0.05) is 52.8 Å². The van der Waals surface area contributed by atoms with Crippen molar-refractivity contribution in [3.8, 4) is 11.5 Å². The molecule has 1 atom stereocenters. The standard InChI is InChI=1S/C29H25Cl2F3N2O4/c30-21-10-8-19(9-11-21)25(37)35-14-12-28(13-15-35)18-36(26(28)40-27(38)29(32,33)34)17-20-4-1-2-7-24(20)39-23-6-3-5-22(31)16-23/h1-11,16,26H,12-15,17-18H2. The van der Waals surface area contributed by atoms with Gasteiger partial charge in [-0.3, -0.25) is 9.69 Å². The van der Waals surface area contributed by atoms with Gasteiger partial charge in [-0.15, -0.1) is 0 Å². The Morgan fingerprint density at radius 1 is 0.925 bits per heavy atom. The molecule has 5 rings (SSSR count). The zero-order chi connectivity index (χ0) is 28.5. The van der Waals surface area contributed by atoms with E-state index in [0.29, 0.717) is 65.1 Å². The van der Waals surface area contributed by atoms with Gasteiger partial charge in [-0.25, -0.2) is 4.79 Å². The van der Waals surface area contributed by atoms with Crippen LogP contribution in [0.15, 0.2) is 72.8 Å². The number of benzene rings is 3. The van der Waals surface area contributed by atoms with E-state index in [0.717, 1.165) is 0 Å². The Balaban J connectivity index is 1.32. The second kappa shape index (κ2) is 11.3. The van der Waals surface area contributed by atoms with Crippen molar-refractivity contribution in [3.63, 3.8) is 0 Å². The first-order valence-corrected chi connectivity index (χ1v) is 13.4. The highest BCUT2D eigenvalue weighted by Gasteiger charge is 2.58. The van der Waals surface area contributed by atoms with E-state index in [4.69, 9.17) is 32.7 Å². The maximum absolute atomic E-state index is 13.2. The Kier molecular flexibility index (Phi) is 7.99. The van der Waals surface area contributed by atoms with E-state index in [-0.39, 0.29) is 12.5 Å². The number of hydrogen-bond acceptors (Lipinski definition) is 5. The Labute approximate surface area is 239 Å². The van der Waals surface area contributed by atoms with Crippen LogP contribution in [0.5, 0.6) is 11.5 Å². The van der Waals surface area contributed by atoms with Crippen molar-refractivity contribution in [3.05, 3.63) is 94.0 Å². The molecular formula is C29H25Cl2F3N2O4. The number of piperidine rings is 1. The minimum Gasteiger partial charge on any atom is -0.457 e. The molecule has 0 aliphatic carbocycles. The van der Waals surface area contributed by atoms with Crippen LogP contribution in [0, 0.1) is 5.41 Å². The molecule has 2 saturated heterocycles.